The Kier molecular flexibility index (Phi) is 7.35. The Balaban J connectivity index is 1.83. The molecule has 168 valence electrons. The van der Waals surface area contributed by atoms with Gasteiger partial charge >= 0.3 is 0 Å². The van der Waals surface area contributed by atoms with E-state index in [1.54, 1.807) is 11.0 Å². The Labute approximate surface area is 196 Å². The standard InChI is InChI=1S/C21H24Cl2N2O4S2/c1-3-4-5-11-25-17(27)13-21(2)10-6-7-14(19(21)25)8-9-16(26)24-31(28,29)18-12-15(22)20(23)30-18/h4-5,8-9,12H,3,6-7,10-11,13H2,1-2H3,(H,24,26)/b5-4+,9-8+. The number of allylic oxidation sites excluding steroid dienone is 4. The van der Waals surface area contributed by atoms with Gasteiger partial charge in [-0.2, -0.15) is 0 Å². The molecule has 2 aliphatic rings. The van der Waals surface area contributed by atoms with Crippen molar-refractivity contribution >= 4 is 56.4 Å². The van der Waals surface area contributed by atoms with Crippen molar-refractivity contribution in [3.63, 3.8) is 0 Å². The lowest BCUT2D eigenvalue weighted by molar-refractivity contribution is -0.126. The number of likely N-dealkylation sites (tertiary alicyclic amines) is 1. The molecule has 1 fully saturated rings. The van der Waals surface area contributed by atoms with Gasteiger partial charge in [0, 0.05) is 30.2 Å². The summed E-state index contributed by atoms with van der Waals surface area (Å²) < 4.78 is 26.8. The minimum Gasteiger partial charge on any atom is -0.312 e. The second-order valence-electron chi connectivity index (χ2n) is 7.84. The molecule has 1 aromatic heterocycles. The normalized spacial score (nSPS) is 22.1. The van der Waals surface area contributed by atoms with E-state index < -0.39 is 15.9 Å². The number of nitrogens with one attached hydrogen (secondary N) is 1. The monoisotopic (exact) mass is 502 g/mol. The summed E-state index contributed by atoms with van der Waals surface area (Å²) in [5.41, 5.74) is 1.56. The maximum absolute atomic E-state index is 12.7. The van der Waals surface area contributed by atoms with Crippen molar-refractivity contribution in [3.05, 3.63) is 51.0 Å². The molecule has 0 bridgehead atoms. The molecule has 31 heavy (non-hydrogen) atoms. The van der Waals surface area contributed by atoms with Crippen LogP contribution in [0.3, 0.4) is 0 Å². The summed E-state index contributed by atoms with van der Waals surface area (Å²) in [4.78, 5) is 26.8. The van der Waals surface area contributed by atoms with E-state index in [4.69, 9.17) is 23.2 Å². The van der Waals surface area contributed by atoms with Crippen molar-refractivity contribution in [1.82, 2.24) is 9.62 Å². The van der Waals surface area contributed by atoms with Crippen molar-refractivity contribution in [3.8, 4) is 0 Å². The maximum Gasteiger partial charge on any atom is 0.273 e. The quantitative estimate of drug-likeness (QED) is 0.417. The molecule has 1 N–H and O–H groups in total. The van der Waals surface area contributed by atoms with E-state index in [1.807, 2.05) is 23.8 Å². The number of nitrogens with zero attached hydrogens (tertiary/aromatic N) is 1. The number of carbonyl (C=O) groups is 2. The molecule has 10 heteroatoms. The van der Waals surface area contributed by atoms with E-state index in [9.17, 15) is 18.0 Å². The number of carbonyl (C=O) groups excluding carboxylic acids is 2. The molecule has 0 saturated carbocycles. The number of fused-ring (bicyclic) bond motifs is 1. The highest BCUT2D eigenvalue weighted by Crippen LogP contribution is 2.50. The first-order valence-corrected chi connectivity index (χ1v) is 13.0. The van der Waals surface area contributed by atoms with Crippen molar-refractivity contribution in [1.29, 1.82) is 0 Å². The van der Waals surface area contributed by atoms with Crippen LogP contribution in [0.5, 0.6) is 0 Å². The molecular formula is C21H24Cl2N2O4S2. The smallest absolute Gasteiger partial charge is 0.273 e. The van der Waals surface area contributed by atoms with Gasteiger partial charge in [-0.3, -0.25) is 9.59 Å². The van der Waals surface area contributed by atoms with Gasteiger partial charge in [-0.15, -0.1) is 11.3 Å². The fraction of sp³-hybridized carbons (Fsp3) is 0.429. The molecule has 1 atom stereocenters. The zero-order valence-corrected chi connectivity index (χ0v) is 20.4. The van der Waals surface area contributed by atoms with Crippen LogP contribution >= 0.6 is 34.5 Å². The highest BCUT2D eigenvalue weighted by atomic mass is 35.5. The van der Waals surface area contributed by atoms with Crippen LogP contribution in [-0.4, -0.2) is 31.7 Å². The fourth-order valence-corrected chi connectivity index (χ4v) is 6.90. The molecule has 2 heterocycles. The first-order valence-electron chi connectivity index (χ1n) is 9.96. The summed E-state index contributed by atoms with van der Waals surface area (Å²) >= 11 is 12.4. The van der Waals surface area contributed by atoms with Crippen LogP contribution < -0.4 is 4.72 Å². The zero-order chi connectivity index (χ0) is 22.8. The van der Waals surface area contributed by atoms with Crippen molar-refractivity contribution in [2.24, 2.45) is 5.41 Å². The Hall–Kier alpha value is -1.61. The van der Waals surface area contributed by atoms with Crippen molar-refractivity contribution in [2.45, 2.75) is 50.2 Å². The van der Waals surface area contributed by atoms with Crippen molar-refractivity contribution < 1.29 is 18.0 Å². The number of thiophene rings is 1. The molecule has 1 saturated heterocycles. The molecule has 0 radical (unpaired) electrons. The predicted octanol–water partition coefficient (Wildman–Crippen LogP) is 5.06. The number of amides is 2. The predicted molar refractivity (Wildman–Crippen MR) is 124 cm³/mol. The molecule has 1 aliphatic heterocycles. The van der Waals surface area contributed by atoms with E-state index in [-0.39, 0.29) is 24.9 Å². The SMILES string of the molecule is CC/C=C/CN1C(=O)CC2(C)CCCC(/C=C/C(=O)NS(=O)(=O)c3cc(Cl)c(Cl)s3)=C12. The molecule has 3 rings (SSSR count). The average molecular weight is 503 g/mol. The largest absolute Gasteiger partial charge is 0.312 e. The van der Waals surface area contributed by atoms with Gasteiger partial charge in [-0.1, -0.05) is 55.3 Å². The third kappa shape index (κ3) is 5.25. The minimum absolute atomic E-state index is 0.0736. The molecule has 2 amide bonds. The van der Waals surface area contributed by atoms with Gasteiger partial charge in [-0.05, 0) is 37.3 Å². The molecule has 0 aromatic carbocycles. The van der Waals surface area contributed by atoms with Crippen molar-refractivity contribution in [2.75, 3.05) is 6.54 Å². The lowest BCUT2D eigenvalue weighted by Gasteiger charge is -2.34. The lowest BCUT2D eigenvalue weighted by Crippen LogP contribution is -2.29. The Morgan fingerprint density at radius 3 is 2.74 bits per heavy atom. The topological polar surface area (TPSA) is 83.6 Å². The van der Waals surface area contributed by atoms with Crippen LogP contribution in [0.1, 0.15) is 46.0 Å². The summed E-state index contributed by atoms with van der Waals surface area (Å²) in [6, 6.07) is 1.21. The third-order valence-electron chi connectivity index (χ3n) is 5.41. The Morgan fingerprint density at radius 1 is 1.35 bits per heavy atom. The number of rotatable bonds is 7. The van der Waals surface area contributed by atoms with Crippen LogP contribution in [0.15, 0.2) is 45.8 Å². The number of halogens is 2. The van der Waals surface area contributed by atoms with Gasteiger partial charge in [0.25, 0.3) is 15.9 Å². The van der Waals surface area contributed by atoms with Crippen LogP contribution in [0.25, 0.3) is 0 Å². The van der Waals surface area contributed by atoms with E-state index in [0.717, 1.165) is 48.3 Å². The highest BCUT2D eigenvalue weighted by molar-refractivity contribution is 7.92. The molecule has 6 nitrogen and oxygen atoms in total. The van der Waals surface area contributed by atoms with E-state index in [2.05, 4.69) is 6.92 Å². The first-order chi connectivity index (χ1) is 14.6. The Bertz CT molecular complexity index is 1070. The molecule has 1 aliphatic carbocycles. The molecular weight excluding hydrogens is 479 g/mol. The van der Waals surface area contributed by atoms with Gasteiger partial charge in [0.05, 0.1) is 5.02 Å². The maximum atomic E-state index is 12.7. The number of hydrogen-bond acceptors (Lipinski definition) is 5. The summed E-state index contributed by atoms with van der Waals surface area (Å²) in [6.07, 6.45) is 10.7. The van der Waals surface area contributed by atoms with Gasteiger partial charge in [0.15, 0.2) is 0 Å². The lowest BCUT2D eigenvalue weighted by atomic mass is 9.74. The van der Waals surface area contributed by atoms with Crippen LogP contribution in [-0.2, 0) is 19.6 Å². The molecule has 0 spiro atoms. The van der Waals surface area contributed by atoms with Crippen LogP contribution in [0.4, 0.5) is 0 Å². The third-order valence-corrected chi connectivity index (χ3v) is 9.10. The van der Waals surface area contributed by atoms with Gasteiger partial charge in [-0.25, -0.2) is 13.1 Å². The number of hydrogen-bond donors (Lipinski definition) is 1. The first kappa shape index (κ1) is 24.0. The molecule has 1 unspecified atom stereocenters. The summed E-state index contributed by atoms with van der Waals surface area (Å²) in [6.45, 7) is 4.60. The van der Waals surface area contributed by atoms with Gasteiger partial charge in [0.1, 0.15) is 8.55 Å². The minimum atomic E-state index is -4.07. The molecule has 1 aromatic rings. The van der Waals surface area contributed by atoms with Gasteiger partial charge in [0.2, 0.25) is 5.91 Å². The second-order valence-corrected chi connectivity index (χ2v) is 11.8. The fourth-order valence-electron chi connectivity index (χ4n) is 4.07. The second kappa shape index (κ2) is 9.48. The summed E-state index contributed by atoms with van der Waals surface area (Å²) in [5, 5.41) is 0.117. The van der Waals surface area contributed by atoms with E-state index in [0.29, 0.717) is 13.0 Å². The summed E-state index contributed by atoms with van der Waals surface area (Å²) in [7, 11) is -4.07. The Morgan fingerprint density at radius 2 is 2.10 bits per heavy atom. The van der Waals surface area contributed by atoms with E-state index >= 15 is 0 Å². The van der Waals surface area contributed by atoms with Crippen LogP contribution in [0, 0.1) is 5.41 Å². The number of sulfonamides is 1. The van der Waals surface area contributed by atoms with Crippen LogP contribution in [0.2, 0.25) is 9.36 Å². The summed E-state index contributed by atoms with van der Waals surface area (Å²) in [5.74, 6) is -0.702. The highest BCUT2D eigenvalue weighted by Gasteiger charge is 2.46. The van der Waals surface area contributed by atoms with Gasteiger partial charge < -0.3 is 4.90 Å². The van der Waals surface area contributed by atoms with E-state index in [1.165, 1.54) is 12.1 Å². The zero-order valence-electron chi connectivity index (χ0n) is 17.3. The average Bonchev–Trinajstić information content (AvgIpc) is 3.16.